The van der Waals surface area contributed by atoms with Gasteiger partial charge in [-0.05, 0) is 30.0 Å². The molecule has 0 aliphatic heterocycles. The summed E-state index contributed by atoms with van der Waals surface area (Å²) in [4.78, 5) is 0. The van der Waals surface area contributed by atoms with Crippen molar-refractivity contribution in [1.29, 1.82) is 0 Å². The van der Waals surface area contributed by atoms with Crippen LogP contribution in [0.4, 0.5) is 8.78 Å². The SMILES string of the molecule is CC(C)NCC1(c2cc(F)cc(F)c2)CC1C. The van der Waals surface area contributed by atoms with E-state index in [0.717, 1.165) is 24.6 Å². The summed E-state index contributed by atoms with van der Waals surface area (Å²) in [5.74, 6) is -0.485. The highest BCUT2D eigenvalue weighted by molar-refractivity contribution is 5.35. The lowest BCUT2D eigenvalue weighted by atomic mass is 9.93. The fourth-order valence-electron chi connectivity index (χ4n) is 2.47. The van der Waals surface area contributed by atoms with Gasteiger partial charge in [-0.1, -0.05) is 20.8 Å². The number of nitrogens with one attached hydrogen (secondary N) is 1. The summed E-state index contributed by atoms with van der Waals surface area (Å²) >= 11 is 0. The van der Waals surface area contributed by atoms with E-state index in [2.05, 4.69) is 26.1 Å². The Hall–Kier alpha value is -0.960. The molecule has 3 heteroatoms. The van der Waals surface area contributed by atoms with Gasteiger partial charge in [0.15, 0.2) is 0 Å². The first-order valence-electron chi connectivity index (χ1n) is 6.14. The molecule has 1 saturated carbocycles. The maximum atomic E-state index is 13.3. The second kappa shape index (κ2) is 4.37. The highest BCUT2D eigenvalue weighted by Gasteiger charge is 2.52. The van der Waals surface area contributed by atoms with Crippen molar-refractivity contribution in [3.05, 3.63) is 35.4 Å². The predicted molar refractivity (Wildman–Crippen MR) is 65.0 cm³/mol. The number of hydrogen-bond acceptors (Lipinski definition) is 1. The highest BCUT2D eigenvalue weighted by Crippen LogP contribution is 2.53. The highest BCUT2D eigenvalue weighted by atomic mass is 19.1. The fourth-order valence-corrected chi connectivity index (χ4v) is 2.47. The molecule has 0 radical (unpaired) electrons. The lowest BCUT2D eigenvalue weighted by Gasteiger charge is -2.20. The van der Waals surface area contributed by atoms with Crippen molar-refractivity contribution in [1.82, 2.24) is 5.32 Å². The Balaban J connectivity index is 2.23. The third-order valence-electron chi connectivity index (χ3n) is 3.72. The topological polar surface area (TPSA) is 12.0 Å². The maximum Gasteiger partial charge on any atom is 0.126 e. The predicted octanol–water partition coefficient (Wildman–Crippen LogP) is 3.24. The first kappa shape index (κ1) is 12.5. The van der Waals surface area contributed by atoms with Gasteiger partial charge in [-0.25, -0.2) is 8.78 Å². The lowest BCUT2D eigenvalue weighted by molar-refractivity contribution is 0.492. The molecule has 94 valence electrons. The van der Waals surface area contributed by atoms with Crippen LogP contribution in [0.3, 0.4) is 0 Å². The average Bonchev–Trinajstić information content (AvgIpc) is 2.86. The second-order valence-electron chi connectivity index (χ2n) is 5.46. The molecule has 1 aromatic rings. The first-order valence-corrected chi connectivity index (χ1v) is 6.14. The standard InChI is InChI=1S/C14H19F2N/c1-9(2)17-8-14(7-10(14)3)11-4-12(15)6-13(16)5-11/h4-6,9-10,17H,7-8H2,1-3H3. The molecule has 2 unspecified atom stereocenters. The Morgan fingerprint density at radius 2 is 1.82 bits per heavy atom. The van der Waals surface area contributed by atoms with E-state index < -0.39 is 11.6 Å². The molecule has 17 heavy (non-hydrogen) atoms. The summed E-state index contributed by atoms with van der Waals surface area (Å²) in [6.07, 6.45) is 0.996. The van der Waals surface area contributed by atoms with Gasteiger partial charge in [0.25, 0.3) is 0 Å². The monoisotopic (exact) mass is 239 g/mol. The van der Waals surface area contributed by atoms with Gasteiger partial charge in [0.2, 0.25) is 0 Å². The molecular formula is C14H19F2N. The number of rotatable bonds is 4. The largest absolute Gasteiger partial charge is 0.314 e. The molecule has 1 nitrogen and oxygen atoms in total. The van der Waals surface area contributed by atoms with Crippen LogP contribution in [0.1, 0.15) is 32.8 Å². The van der Waals surface area contributed by atoms with E-state index in [1.807, 2.05) is 0 Å². The van der Waals surface area contributed by atoms with Crippen molar-refractivity contribution in [2.24, 2.45) is 5.92 Å². The first-order chi connectivity index (χ1) is 7.94. The van der Waals surface area contributed by atoms with E-state index in [1.165, 1.54) is 12.1 Å². The number of hydrogen-bond donors (Lipinski definition) is 1. The van der Waals surface area contributed by atoms with Crippen LogP contribution in [0.2, 0.25) is 0 Å². The Morgan fingerprint density at radius 1 is 1.29 bits per heavy atom. The zero-order chi connectivity index (χ0) is 12.6. The second-order valence-corrected chi connectivity index (χ2v) is 5.46. The fraction of sp³-hybridized carbons (Fsp3) is 0.571. The summed E-state index contributed by atoms with van der Waals surface area (Å²) in [7, 11) is 0. The molecule has 1 aromatic carbocycles. The van der Waals surface area contributed by atoms with E-state index in [1.54, 1.807) is 0 Å². The smallest absolute Gasteiger partial charge is 0.126 e. The molecule has 2 rings (SSSR count). The van der Waals surface area contributed by atoms with E-state index in [-0.39, 0.29) is 5.41 Å². The van der Waals surface area contributed by atoms with Crippen LogP contribution in [0.15, 0.2) is 18.2 Å². The van der Waals surface area contributed by atoms with Gasteiger partial charge in [0, 0.05) is 24.1 Å². The quantitative estimate of drug-likeness (QED) is 0.850. The van der Waals surface area contributed by atoms with Crippen molar-refractivity contribution < 1.29 is 8.78 Å². The summed E-state index contributed by atoms with van der Waals surface area (Å²) in [6.45, 7) is 7.07. The van der Waals surface area contributed by atoms with E-state index in [0.29, 0.717) is 12.0 Å². The van der Waals surface area contributed by atoms with Gasteiger partial charge >= 0.3 is 0 Å². The summed E-state index contributed by atoms with van der Waals surface area (Å²) in [5, 5.41) is 3.37. The molecule has 0 spiro atoms. The van der Waals surface area contributed by atoms with Crippen LogP contribution in [0.25, 0.3) is 0 Å². The maximum absolute atomic E-state index is 13.3. The van der Waals surface area contributed by atoms with E-state index in [4.69, 9.17) is 0 Å². The molecule has 0 amide bonds. The molecule has 1 aliphatic rings. The lowest BCUT2D eigenvalue weighted by Crippen LogP contribution is -2.33. The minimum absolute atomic E-state index is 0.0762. The van der Waals surface area contributed by atoms with Gasteiger partial charge in [-0.15, -0.1) is 0 Å². The van der Waals surface area contributed by atoms with Gasteiger partial charge < -0.3 is 5.32 Å². The number of halogens is 2. The normalized spacial score (nSPS) is 27.5. The Morgan fingerprint density at radius 3 is 2.24 bits per heavy atom. The van der Waals surface area contributed by atoms with Crippen molar-refractivity contribution in [3.8, 4) is 0 Å². The van der Waals surface area contributed by atoms with E-state index in [9.17, 15) is 8.78 Å². The third-order valence-corrected chi connectivity index (χ3v) is 3.72. The molecule has 0 heterocycles. The Kier molecular flexibility index (Phi) is 3.21. The molecule has 2 atom stereocenters. The number of benzene rings is 1. The molecule has 0 aromatic heterocycles. The van der Waals surface area contributed by atoms with Crippen LogP contribution in [-0.2, 0) is 5.41 Å². The van der Waals surface area contributed by atoms with Crippen LogP contribution in [0, 0.1) is 17.6 Å². The summed E-state index contributed by atoms with van der Waals surface area (Å²) < 4.78 is 26.5. The summed E-state index contributed by atoms with van der Waals surface area (Å²) in [5.41, 5.74) is 0.711. The van der Waals surface area contributed by atoms with Crippen LogP contribution >= 0.6 is 0 Å². The van der Waals surface area contributed by atoms with Crippen molar-refractivity contribution in [3.63, 3.8) is 0 Å². The van der Waals surface area contributed by atoms with Gasteiger partial charge in [-0.2, -0.15) is 0 Å². The van der Waals surface area contributed by atoms with Crippen molar-refractivity contribution in [2.45, 2.75) is 38.6 Å². The Labute approximate surface area is 101 Å². The molecule has 1 fully saturated rings. The average molecular weight is 239 g/mol. The third kappa shape index (κ3) is 2.49. The van der Waals surface area contributed by atoms with Crippen molar-refractivity contribution >= 4 is 0 Å². The van der Waals surface area contributed by atoms with Gasteiger partial charge in [0.05, 0.1) is 0 Å². The van der Waals surface area contributed by atoms with Crippen LogP contribution < -0.4 is 5.32 Å². The Bertz CT molecular complexity index is 396. The zero-order valence-corrected chi connectivity index (χ0v) is 10.6. The van der Waals surface area contributed by atoms with Gasteiger partial charge in [0.1, 0.15) is 11.6 Å². The molecular weight excluding hydrogens is 220 g/mol. The summed E-state index contributed by atoms with van der Waals surface area (Å²) in [6, 6.07) is 4.25. The molecule has 1 N–H and O–H groups in total. The van der Waals surface area contributed by atoms with Crippen LogP contribution in [0.5, 0.6) is 0 Å². The van der Waals surface area contributed by atoms with E-state index >= 15 is 0 Å². The van der Waals surface area contributed by atoms with Gasteiger partial charge in [-0.3, -0.25) is 0 Å². The minimum Gasteiger partial charge on any atom is -0.314 e. The van der Waals surface area contributed by atoms with Crippen molar-refractivity contribution in [2.75, 3.05) is 6.54 Å². The molecule has 0 bridgehead atoms. The molecule has 1 aliphatic carbocycles. The minimum atomic E-state index is -0.483. The zero-order valence-electron chi connectivity index (χ0n) is 10.6. The van der Waals surface area contributed by atoms with Crippen LogP contribution in [-0.4, -0.2) is 12.6 Å². The molecule has 0 saturated heterocycles.